The summed E-state index contributed by atoms with van der Waals surface area (Å²) in [6, 6.07) is 8.06. The highest BCUT2D eigenvalue weighted by atomic mass is 127. The van der Waals surface area contributed by atoms with Crippen LogP contribution in [0.15, 0.2) is 29.3 Å². The van der Waals surface area contributed by atoms with Crippen LogP contribution < -0.4 is 10.6 Å². The second-order valence-electron chi connectivity index (χ2n) is 7.90. The van der Waals surface area contributed by atoms with Gasteiger partial charge in [-0.25, -0.2) is 4.99 Å². The van der Waals surface area contributed by atoms with Gasteiger partial charge in [-0.1, -0.05) is 25.0 Å². The van der Waals surface area contributed by atoms with Crippen LogP contribution in [0.5, 0.6) is 0 Å². The zero-order chi connectivity index (χ0) is 19.8. The van der Waals surface area contributed by atoms with Crippen molar-refractivity contribution in [2.45, 2.75) is 45.6 Å². The molecule has 162 valence electrons. The van der Waals surface area contributed by atoms with Gasteiger partial charge < -0.3 is 20.3 Å². The number of likely N-dealkylation sites (tertiary alicyclic amines) is 1. The highest BCUT2D eigenvalue weighted by molar-refractivity contribution is 14.0. The van der Waals surface area contributed by atoms with Crippen LogP contribution in [0, 0.1) is 11.8 Å². The molecule has 1 aromatic rings. The third kappa shape index (κ3) is 7.13. The van der Waals surface area contributed by atoms with E-state index in [9.17, 15) is 4.79 Å². The first kappa shape index (κ1) is 23.9. The lowest BCUT2D eigenvalue weighted by Gasteiger charge is -2.21. The third-order valence-electron chi connectivity index (χ3n) is 5.65. The molecule has 2 aliphatic rings. The zero-order valence-corrected chi connectivity index (χ0v) is 20.0. The Morgan fingerprint density at radius 2 is 2.07 bits per heavy atom. The Labute approximate surface area is 191 Å². The molecular formula is C22H35IN4O2. The first-order chi connectivity index (χ1) is 13.7. The number of rotatable bonds is 7. The van der Waals surface area contributed by atoms with E-state index in [0.717, 1.165) is 62.7 Å². The highest BCUT2D eigenvalue weighted by Gasteiger charge is 2.25. The Kier molecular flexibility index (Phi) is 10.2. The van der Waals surface area contributed by atoms with Crippen LogP contribution in [0.25, 0.3) is 0 Å². The molecule has 1 aromatic carbocycles. The van der Waals surface area contributed by atoms with Gasteiger partial charge >= 0.3 is 0 Å². The minimum atomic E-state index is 0. The molecule has 1 saturated heterocycles. The highest BCUT2D eigenvalue weighted by Crippen LogP contribution is 2.26. The summed E-state index contributed by atoms with van der Waals surface area (Å²) in [7, 11) is 1.76. The summed E-state index contributed by atoms with van der Waals surface area (Å²) in [5.74, 6) is 1.87. The second-order valence-corrected chi connectivity index (χ2v) is 7.90. The van der Waals surface area contributed by atoms with Gasteiger partial charge in [-0.05, 0) is 43.9 Å². The standard InChI is InChI=1S/C22H34N4O2.HI/c1-3-23-22(26-12-11-18(15-26)16-28-2)24-14-17-7-6-10-20(13-17)25-21(27)19-8-4-5-9-19;/h6-7,10,13,18-19H,3-5,8-9,11-12,14-16H2,1-2H3,(H,23,24)(H,25,27);1H. The minimum Gasteiger partial charge on any atom is -0.384 e. The van der Waals surface area contributed by atoms with Crippen LogP contribution in [0.2, 0.25) is 0 Å². The van der Waals surface area contributed by atoms with Gasteiger partial charge in [0.15, 0.2) is 5.96 Å². The van der Waals surface area contributed by atoms with E-state index >= 15 is 0 Å². The van der Waals surface area contributed by atoms with Crippen molar-refractivity contribution in [1.82, 2.24) is 10.2 Å². The predicted molar refractivity (Wildman–Crippen MR) is 129 cm³/mol. The summed E-state index contributed by atoms with van der Waals surface area (Å²) in [5, 5.41) is 6.49. The van der Waals surface area contributed by atoms with Crippen molar-refractivity contribution >= 4 is 41.5 Å². The van der Waals surface area contributed by atoms with Crippen molar-refractivity contribution in [2.75, 3.05) is 38.7 Å². The number of halogens is 1. The van der Waals surface area contributed by atoms with Crippen molar-refractivity contribution < 1.29 is 9.53 Å². The molecule has 1 aliphatic heterocycles. The molecule has 3 rings (SSSR count). The summed E-state index contributed by atoms with van der Waals surface area (Å²) in [4.78, 5) is 19.5. The molecule has 0 aromatic heterocycles. The number of nitrogens with one attached hydrogen (secondary N) is 2. The monoisotopic (exact) mass is 514 g/mol. The normalized spacial score (nSPS) is 19.9. The van der Waals surface area contributed by atoms with Gasteiger partial charge in [0.1, 0.15) is 0 Å². The maximum atomic E-state index is 12.4. The van der Waals surface area contributed by atoms with Crippen molar-refractivity contribution in [3.05, 3.63) is 29.8 Å². The Morgan fingerprint density at radius 3 is 2.79 bits per heavy atom. The van der Waals surface area contributed by atoms with Crippen molar-refractivity contribution in [2.24, 2.45) is 16.8 Å². The third-order valence-corrected chi connectivity index (χ3v) is 5.65. The number of carbonyl (C=O) groups is 1. The molecule has 0 radical (unpaired) electrons. The van der Waals surface area contributed by atoms with Crippen LogP contribution in [-0.2, 0) is 16.1 Å². The number of hydrogen-bond donors (Lipinski definition) is 2. The van der Waals surface area contributed by atoms with Crippen LogP contribution in [-0.4, -0.2) is 50.1 Å². The number of aliphatic imine (C=N–C) groups is 1. The number of amides is 1. The molecule has 1 saturated carbocycles. The minimum absolute atomic E-state index is 0. The van der Waals surface area contributed by atoms with E-state index in [1.807, 2.05) is 18.2 Å². The van der Waals surface area contributed by atoms with Crippen LogP contribution in [0.1, 0.15) is 44.6 Å². The average molecular weight is 514 g/mol. The molecule has 1 aliphatic carbocycles. The molecule has 0 spiro atoms. The zero-order valence-electron chi connectivity index (χ0n) is 17.7. The smallest absolute Gasteiger partial charge is 0.227 e. The summed E-state index contributed by atoms with van der Waals surface area (Å²) >= 11 is 0. The van der Waals surface area contributed by atoms with E-state index in [-0.39, 0.29) is 35.8 Å². The van der Waals surface area contributed by atoms with Gasteiger partial charge in [-0.15, -0.1) is 24.0 Å². The molecule has 0 bridgehead atoms. The number of benzene rings is 1. The van der Waals surface area contributed by atoms with Crippen molar-refractivity contribution in [3.8, 4) is 0 Å². The first-order valence-electron chi connectivity index (χ1n) is 10.6. The summed E-state index contributed by atoms with van der Waals surface area (Å²) < 4.78 is 5.30. The molecule has 2 N–H and O–H groups in total. The maximum absolute atomic E-state index is 12.4. The molecule has 29 heavy (non-hydrogen) atoms. The Hall–Kier alpha value is -1.35. The van der Waals surface area contributed by atoms with E-state index in [1.165, 1.54) is 12.8 Å². The van der Waals surface area contributed by atoms with E-state index in [4.69, 9.17) is 9.73 Å². The Bertz CT molecular complexity index is 677. The number of methoxy groups -OCH3 is 1. The SMILES string of the molecule is CCNC(=NCc1cccc(NC(=O)C2CCCC2)c1)N1CCC(COC)C1.I. The number of carbonyl (C=O) groups excluding carboxylic acids is 1. The molecule has 6 nitrogen and oxygen atoms in total. The number of nitrogens with zero attached hydrogens (tertiary/aromatic N) is 2. The van der Waals surface area contributed by atoms with Crippen LogP contribution in [0.4, 0.5) is 5.69 Å². The van der Waals surface area contributed by atoms with E-state index in [0.29, 0.717) is 12.5 Å². The lowest BCUT2D eigenvalue weighted by atomic mass is 10.1. The quantitative estimate of drug-likeness (QED) is 0.330. The summed E-state index contributed by atoms with van der Waals surface area (Å²) in [6.45, 7) is 6.34. The maximum Gasteiger partial charge on any atom is 0.227 e. The Morgan fingerprint density at radius 1 is 1.28 bits per heavy atom. The fraction of sp³-hybridized carbons (Fsp3) is 0.636. The van der Waals surface area contributed by atoms with Crippen molar-refractivity contribution in [3.63, 3.8) is 0 Å². The average Bonchev–Trinajstić information content (AvgIpc) is 3.38. The molecule has 1 heterocycles. The fourth-order valence-corrected chi connectivity index (χ4v) is 4.17. The molecule has 1 unspecified atom stereocenters. The molecular weight excluding hydrogens is 479 g/mol. The van der Waals surface area contributed by atoms with Gasteiger partial charge in [-0.3, -0.25) is 4.79 Å². The van der Waals surface area contributed by atoms with Crippen LogP contribution >= 0.6 is 24.0 Å². The first-order valence-corrected chi connectivity index (χ1v) is 10.6. The van der Waals surface area contributed by atoms with Crippen molar-refractivity contribution in [1.29, 1.82) is 0 Å². The molecule has 1 amide bonds. The number of hydrogen-bond acceptors (Lipinski definition) is 3. The van der Waals surface area contributed by atoms with E-state index in [2.05, 4.69) is 28.5 Å². The lowest BCUT2D eigenvalue weighted by molar-refractivity contribution is -0.119. The van der Waals surface area contributed by atoms with Gasteiger partial charge in [0.05, 0.1) is 13.2 Å². The second kappa shape index (κ2) is 12.4. The molecule has 1 atom stereocenters. The number of guanidine groups is 1. The largest absolute Gasteiger partial charge is 0.384 e. The molecule has 7 heteroatoms. The Balaban J connectivity index is 0.00000300. The fourth-order valence-electron chi connectivity index (χ4n) is 4.17. The van der Waals surface area contributed by atoms with Gasteiger partial charge in [0.2, 0.25) is 5.91 Å². The van der Waals surface area contributed by atoms with Gasteiger partial charge in [-0.2, -0.15) is 0 Å². The van der Waals surface area contributed by atoms with E-state index < -0.39 is 0 Å². The topological polar surface area (TPSA) is 66.0 Å². The number of ether oxygens (including phenoxy) is 1. The van der Waals surface area contributed by atoms with E-state index in [1.54, 1.807) is 7.11 Å². The van der Waals surface area contributed by atoms with Crippen LogP contribution in [0.3, 0.4) is 0 Å². The summed E-state index contributed by atoms with van der Waals surface area (Å²) in [5.41, 5.74) is 1.98. The van der Waals surface area contributed by atoms with Gasteiger partial charge in [0, 0.05) is 44.3 Å². The predicted octanol–water partition coefficient (Wildman–Crippen LogP) is 3.87. The lowest BCUT2D eigenvalue weighted by Crippen LogP contribution is -2.40. The number of anilines is 1. The molecule has 2 fully saturated rings. The summed E-state index contributed by atoms with van der Waals surface area (Å²) in [6.07, 6.45) is 5.51. The van der Waals surface area contributed by atoms with Gasteiger partial charge in [0.25, 0.3) is 0 Å².